The number of hydrogen-bond acceptors (Lipinski definition) is 3. The third-order valence-corrected chi connectivity index (χ3v) is 2.81. The summed E-state index contributed by atoms with van der Waals surface area (Å²) in [6, 6.07) is 0. The zero-order chi connectivity index (χ0) is 9.90. The Labute approximate surface area is 78.5 Å². The van der Waals surface area contributed by atoms with Crippen LogP contribution in [0.3, 0.4) is 0 Å². The molecule has 1 aliphatic carbocycles. The van der Waals surface area contributed by atoms with E-state index >= 15 is 0 Å². The summed E-state index contributed by atoms with van der Waals surface area (Å²) in [4.78, 5) is 23.1. The van der Waals surface area contributed by atoms with Gasteiger partial charge in [-0.25, -0.2) is 0 Å². The lowest BCUT2D eigenvalue weighted by Crippen LogP contribution is -2.36. The molecule has 1 rings (SSSR count). The monoisotopic (exact) mass is 184 g/mol. The lowest BCUT2D eigenvalue weighted by Gasteiger charge is -2.22. The Hall–Kier alpha value is -0.860. The molecule has 1 fully saturated rings. The molecule has 0 radical (unpaired) electrons. The van der Waals surface area contributed by atoms with Gasteiger partial charge in [0.2, 0.25) is 0 Å². The number of rotatable bonds is 3. The van der Waals surface area contributed by atoms with Gasteiger partial charge in [-0.2, -0.15) is 0 Å². The summed E-state index contributed by atoms with van der Waals surface area (Å²) in [5, 5.41) is 0. The summed E-state index contributed by atoms with van der Waals surface area (Å²) in [5.74, 6) is -0.256. The molecule has 74 valence electrons. The third-order valence-electron chi connectivity index (χ3n) is 2.81. The average Bonchev–Trinajstić information content (AvgIpc) is 2.48. The SMILES string of the molecule is CCOC(=O)C1(CC)CCCC1=O. The van der Waals surface area contributed by atoms with E-state index in [0.29, 0.717) is 25.9 Å². The van der Waals surface area contributed by atoms with E-state index in [4.69, 9.17) is 4.74 Å². The van der Waals surface area contributed by atoms with E-state index in [-0.39, 0.29) is 11.8 Å². The zero-order valence-electron chi connectivity index (χ0n) is 8.26. The quantitative estimate of drug-likeness (QED) is 0.495. The maximum absolute atomic E-state index is 11.6. The van der Waals surface area contributed by atoms with Gasteiger partial charge in [0.15, 0.2) is 0 Å². The van der Waals surface area contributed by atoms with Crippen LogP contribution in [0.15, 0.2) is 0 Å². The minimum atomic E-state index is -0.796. The van der Waals surface area contributed by atoms with E-state index in [0.717, 1.165) is 6.42 Å². The summed E-state index contributed by atoms with van der Waals surface area (Å²) >= 11 is 0. The van der Waals surface area contributed by atoms with Crippen molar-refractivity contribution in [3.8, 4) is 0 Å². The second kappa shape index (κ2) is 3.90. The highest BCUT2D eigenvalue weighted by Gasteiger charge is 2.48. The number of hydrogen-bond donors (Lipinski definition) is 0. The zero-order valence-corrected chi connectivity index (χ0v) is 8.26. The molecule has 0 spiro atoms. The van der Waals surface area contributed by atoms with Crippen molar-refractivity contribution < 1.29 is 14.3 Å². The predicted molar refractivity (Wildman–Crippen MR) is 48.2 cm³/mol. The molecule has 1 aliphatic rings. The van der Waals surface area contributed by atoms with Crippen LogP contribution in [0.4, 0.5) is 0 Å². The van der Waals surface area contributed by atoms with E-state index in [1.807, 2.05) is 6.92 Å². The molecule has 1 unspecified atom stereocenters. The van der Waals surface area contributed by atoms with Gasteiger partial charge in [0.1, 0.15) is 11.2 Å². The van der Waals surface area contributed by atoms with Gasteiger partial charge in [-0.3, -0.25) is 9.59 Å². The molecule has 0 N–H and O–H groups in total. The van der Waals surface area contributed by atoms with Crippen molar-refractivity contribution >= 4 is 11.8 Å². The summed E-state index contributed by atoms with van der Waals surface area (Å²) in [6.07, 6.45) is 2.60. The van der Waals surface area contributed by atoms with Crippen molar-refractivity contribution in [2.75, 3.05) is 6.61 Å². The lowest BCUT2D eigenvalue weighted by atomic mass is 9.82. The van der Waals surface area contributed by atoms with Crippen LogP contribution in [0.2, 0.25) is 0 Å². The Morgan fingerprint density at radius 3 is 2.62 bits per heavy atom. The molecule has 0 aromatic rings. The Morgan fingerprint density at radius 2 is 2.23 bits per heavy atom. The molecular weight excluding hydrogens is 168 g/mol. The molecule has 0 amide bonds. The average molecular weight is 184 g/mol. The Bertz CT molecular complexity index is 222. The molecular formula is C10H16O3. The van der Waals surface area contributed by atoms with Crippen LogP contribution in [0.5, 0.6) is 0 Å². The molecule has 0 aromatic carbocycles. The minimum absolute atomic E-state index is 0.0634. The number of ketones is 1. The molecule has 0 saturated heterocycles. The largest absolute Gasteiger partial charge is 0.465 e. The topological polar surface area (TPSA) is 43.4 Å². The number of Topliss-reactive ketones (excluding diaryl/α,β-unsaturated/α-hetero) is 1. The fraction of sp³-hybridized carbons (Fsp3) is 0.800. The Kier molecular flexibility index (Phi) is 3.07. The number of ether oxygens (including phenoxy) is 1. The second-order valence-corrected chi connectivity index (χ2v) is 3.43. The highest BCUT2D eigenvalue weighted by molar-refractivity contribution is 6.05. The lowest BCUT2D eigenvalue weighted by molar-refractivity contribution is -0.158. The van der Waals surface area contributed by atoms with E-state index in [1.165, 1.54) is 0 Å². The van der Waals surface area contributed by atoms with Crippen molar-refractivity contribution in [2.24, 2.45) is 5.41 Å². The van der Waals surface area contributed by atoms with E-state index in [9.17, 15) is 9.59 Å². The van der Waals surface area contributed by atoms with E-state index < -0.39 is 5.41 Å². The fourth-order valence-electron chi connectivity index (χ4n) is 1.93. The van der Waals surface area contributed by atoms with Crippen LogP contribution in [0.25, 0.3) is 0 Å². The molecule has 0 bridgehead atoms. The first-order valence-corrected chi connectivity index (χ1v) is 4.88. The van der Waals surface area contributed by atoms with Crippen LogP contribution in [-0.2, 0) is 14.3 Å². The van der Waals surface area contributed by atoms with Gasteiger partial charge in [0.05, 0.1) is 6.61 Å². The first-order chi connectivity index (χ1) is 6.17. The minimum Gasteiger partial charge on any atom is -0.465 e. The highest BCUT2D eigenvalue weighted by Crippen LogP contribution is 2.38. The number of carbonyl (C=O) groups is 2. The summed E-state index contributed by atoms with van der Waals surface area (Å²) in [5.41, 5.74) is -0.796. The van der Waals surface area contributed by atoms with Crippen molar-refractivity contribution in [3.63, 3.8) is 0 Å². The van der Waals surface area contributed by atoms with Gasteiger partial charge in [-0.1, -0.05) is 6.92 Å². The molecule has 13 heavy (non-hydrogen) atoms. The second-order valence-electron chi connectivity index (χ2n) is 3.43. The third kappa shape index (κ3) is 1.60. The molecule has 3 nitrogen and oxygen atoms in total. The first-order valence-electron chi connectivity index (χ1n) is 4.88. The van der Waals surface area contributed by atoms with E-state index in [2.05, 4.69) is 0 Å². The predicted octanol–water partition coefficient (Wildman–Crippen LogP) is 1.70. The molecule has 1 saturated carbocycles. The van der Waals surface area contributed by atoms with Crippen LogP contribution in [0.1, 0.15) is 39.5 Å². The van der Waals surface area contributed by atoms with Gasteiger partial charge in [-0.15, -0.1) is 0 Å². The van der Waals surface area contributed by atoms with Gasteiger partial charge < -0.3 is 4.74 Å². The van der Waals surface area contributed by atoms with Crippen LogP contribution in [0, 0.1) is 5.41 Å². The van der Waals surface area contributed by atoms with Crippen molar-refractivity contribution in [2.45, 2.75) is 39.5 Å². The summed E-state index contributed by atoms with van der Waals surface area (Å²) in [7, 11) is 0. The summed E-state index contributed by atoms with van der Waals surface area (Å²) in [6.45, 7) is 3.99. The maximum Gasteiger partial charge on any atom is 0.319 e. The Morgan fingerprint density at radius 1 is 1.54 bits per heavy atom. The van der Waals surface area contributed by atoms with Gasteiger partial charge in [0, 0.05) is 6.42 Å². The molecule has 3 heteroatoms. The van der Waals surface area contributed by atoms with Crippen molar-refractivity contribution in [1.29, 1.82) is 0 Å². The molecule has 0 heterocycles. The molecule has 1 atom stereocenters. The first kappa shape index (κ1) is 10.2. The fourth-order valence-corrected chi connectivity index (χ4v) is 1.93. The van der Waals surface area contributed by atoms with Gasteiger partial charge >= 0.3 is 5.97 Å². The standard InChI is InChI=1S/C10H16O3/c1-3-10(9(12)13-4-2)7-5-6-8(10)11/h3-7H2,1-2H3. The summed E-state index contributed by atoms with van der Waals surface area (Å²) < 4.78 is 4.93. The van der Waals surface area contributed by atoms with Crippen molar-refractivity contribution in [1.82, 2.24) is 0 Å². The van der Waals surface area contributed by atoms with Crippen LogP contribution < -0.4 is 0 Å². The Balaban J connectivity index is 2.80. The molecule has 0 aromatic heterocycles. The van der Waals surface area contributed by atoms with Crippen LogP contribution in [-0.4, -0.2) is 18.4 Å². The van der Waals surface area contributed by atoms with Crippen LogP contribution >= 0.6 is 0 Å². The number of esters is 1. The van der Waals surface area contributed by atoms with Gasteiger partial charge in [0.25, 0.3) is 0 Å². The normalized spacial score (nSPS) is 27.7. The maximum atomic E-state index is 11.6. The van der Waals surface area contributed by atoms with Gasteiger partial charge in [-0.05, 0) is 26.2 Å². The smallest absolute Gasteiger partial charge is 0.319 e. The molecule has 0 aliphatic heterocycles. The number of carbonyl (C=O) groups excluding carboxylic acids is 2. The van der Waals surface area contributed by atoms with Crippen molar-refractivity contribution in [3.05, 3.63) is 0 Å². The van der Waals surface area contributed by atoms with E-state index in [1.54, 1.807) is 6.92 Å². The highest BCUT2D eigenvalue weighted by atomic mass is 16.5.